The van der Waals surface area contributed by atoms with Gasteiger partial charge in [0, 0.05) is 31.1 Å². The molecule has 0 aliphatic carbocycles. The zero-order valence-corrected chi connectivity index (χ0v) is 22.9. The number of benzene rings is 3. The van der Waals surface area contributed by atoms with Crippen molar-refractivity contribution >= 4 is 40.2 Å². The van der Waals surface area contributed by atoms with E-state index < -0.39 is 0 Å². The molecule has 2 atom stereocenters. The van der Waals surface area contributed by atoms with Gasteiger partial charge in [0.15, 0.2) is 0 Å². The van der Waals surface area contributed by atoms with E-state index >= 15 is 0 Å². The van der Waals surface area contributed by atoms with Gasteiger partial charge in [-0.3, -0.25) is 4.79 Å². The van der Waals surface area contributed by atoms with Crippen LogP contribution in [0.5, 0.6) is 0 Å². The fraction of sp³-hybridized carbons (Fsp3) is 0.452. The van der Waals surface area contributed by atoms with Crippen LogP contribution in [0.25, 0.3) is 10.8 Å². The zero-order valence-electron chi connectivity index (χ0n) is 21.2. The number of carbonyl (C=O) groups excluding carboxylic acids is 1. The molecule has 0 spiro atoms. The number of halogens is 1. The predicted molar refractivity (Wildman–Crippen MR) is 155 cm³/mol. The quantitative estimate of drug-likeness (QED) is 0.362. The third kappa shape index (κ3) is 5.57. The monoisotopic (exact) mass is 534 g/mol. The van der Waals surface area contributed by atoms with E-state index in [1.807, 2.05) is 36.4 Å². The van der Waals surface area contributed by atoms with Crippen LogP contribution in [0, 0.1) is 17.7 Å². The molecule has 3 nitrogen and oxygen atoms in total. The second-order valence-electron chi connectivity index (χ2n) is 10.8. The summed E-state index contributed by atoms with van der Waals surface area (Å²) in [7, 11) is 0. The zero-order chi connectivity index (χ0) is 25.2. The van der Waals surface area contributed by atoms with Gasteiger partial charge in [-0.1, -0.05) is 48.5 Å². The van der Waals surface area contributed by atoms with Crippen LogP contribution in [0.4, 0.5) is 4.39 Å². The molecule has 0 aromatic heterocycles. The van der Waals surface area contributed by atoms with Gasteiger partial charge < -0.3 is 9.80 Å². The van der Waals surface area contributed by atoms with Crippen molar-refractivity contribution in [2.24, 2.45) is 11.8 Å². The standard InChI is InChI=1S/C31H35FN2OS2/c32-26-11-9-22(10-12-26)23-13-15-33(16-14-23)19-25-20-34(21-29(25)31-36-17-4-18-37-31)30(35)28-8-3-6-24-5-1-2-7-27(24)28/h1-3,5-12,23,25,29,31H,4,13-21H2. The van der Waals surface area contributed by atoms with E-state index in [1.54, 1.807) is 12.1 Å². The molecule has 0 bridgehead atoms. The molecule has 0 saturated carbocycles. The maximum atomic E-state index is 13.8. The number of likely N-dealkylation sites (tertiary alicyclic amines) is 2. The van der Waals surface area contributed by atoms with Gasteiger partial charge in [0.2, 0.25) is 0 Å². The summed E-state index contributed by atoms with van der Waals surface area (Å²) < 4.78 is 14.0. The van der Waals surface area contributed by atoms with E-state index in [2.05, 4.69) is 51.5 Å². The van der Waals surface area contributed by atoms with Crippen LogP contribution < -0.4 is 0 Å². The molecule has 3 heterocycles. The van der Waals surface area contributed by atoms with E-state index in [0.717, 1.165) is 61.9 Å². The van der Waals surface area contributed by atoms with Crippen molar-refractivity contribution in [3.05, 3.63) is 83.7 Å². The number of amides is 1. The molecule has 1 amide bonds. The Morgan fingerprint density at radius 3 is 2.41 bits per heavy atom. The van der Waals surface area contributed by atoms with Gasteiger partial charge in [0.25, 0.3) is 5.91 Å². The molecular formula is C31H35FN2OS2. The summed E-state index contributed by atoms with van der Waals surface area (Å²) in [5.74, 6) is 4.06. The van der Waals surface area contributed by atoms with Crippen LogP contribution in [0.2, 0.25) is 0 Å². The minimum Gasteiger partial charge on any atom is -0.338 e. The summed E-state index contributed by atoms with van der Waals surface area (Å²) in [5, 5.41) is 2.18. The molecule has 3 aromatic rings. The molecule has 3 aromatic carbocycles. The van der Waals surface area contributed by atoms with Crippen molar-refractivity contribution in [2.45, 2.75) is 29.8 Å². The molecule has 3 fully saturated rings. The number of fused-ring (bicyclic) bond motifs is 1. The lowest BCUT2D eigenvalue weighted by Gasteiger charge is -2.36. The predicted octanol–water partition coefficient (Wildman–Crippen LogP) is 6.74. The lowest BCUT2D eigenvalue weighted by molar-refractivity contribution is 0.0782. The average molecular weight is 535 g/mol. The number of thioether (sulfide) groups is 2. The summed E-state index contributed by atoms with van der Waals surface area (Å²) in [6, 6.07) is 21.4. The smallest absolute Gasteiger partial charge is 0.254 e. The summed E-state index contributed by atoms with van der Waals surface area (Å²) in [5.41, 5.74) is 2.10. The number of carbonyl (C=O) groups is 1. The van der Waals surface area contributed by atoms with Crippen LogP contribution in [-0.2, 0) is 0 Å². The lowest BCUT2D eigenvalue weighted by Crippen LogP contribution is -2.40. The normalized spacial score (nSPS) is 24.1. The maximum absolute atomic E-state index is 13.8. The molecule has 0 N–H and O–H groups in total. The number of nitrogens with zero attached hydrogens (tertiary/aromatic N) is 2. The van der Waals surface area contributed by atoms with Crippen LogP contribution in [0.1, 0.15) is 41.1 Å². The van der Waals surface area contributed by atoms with Crippen molar-refractivity contribution in [3.8, 4) is 0 Å². The number of hydrogen-bond acceptors (Lipinski definition) is 4. The van der Waals surface area contributed by atoms with Crippen LogP contribution >= 0.6 is 23.5 Å². The van der Waals surface area contributed by atoms with E-state index in [9.17, 15) is 9.18 Å². The Morgan fingerprint density at radius 1 is 0.892 bits per heavy atom. The summed E-state index contributed by atoms with van der Waals surface area (Å²) in [4.78, 5) is 18.6. The van der Waals surface area contributed by atoms with Gasteiger partial charge in [-0.2, -0.15) is 0 Å². The molecule has 37 heavy (non-hydrogen) atoms. The van der Waals surface area contributed by atoms with Gasteiger partial charge in [-0.05, 0) is 90.2 Å². The summed E-state index contributed by atoms with van der Waals surface area (Å²) >= 11 is 4.23. The Bertz CT molecular complexity index is 1220. The highest BCUT2D eigenvalue weighted by molar-refractivity contribution is 8.17. The largest absolute Gasteiger partial charge is 0.338 e. The molecule has 3 aliphatic heterocycles. The lowest BCUT2D eigenvalue weighted by atomic mass is 9.88. The molecule has 6 rings (SSSR count). The average Bonchev–Trinajstić information content (AvgIpc) is 3.37. The minimum atomic E-state index is -0.158. The molecule has 2 unspecified atom stereocenters. The topological polar surface area (TPSA) is 23.6 Å². The van der Waals surface area contributed by atoms with Gasteiger partial charge in [-0.25, -0.2) is 4.39 Å². The number of rotatable bonds is 5. The first-order chi connectivity index (χ1) is 18.2. The molecule has 6 heteroatoms. The highest BCUT2D eigenvalue weighted by atomic mass is 32.2. The van der Waals surface area contributed by atoms with Gasteiger partial charge >= 0.3 is 0 Å². The Morgan fingerprint density at radius 2 is 1.62 bits per heavy atom. The van der Waals surface area contributed by atoms with E-state index in [-0.39, 0.29) is 11.7 Å². The van der Waals surface area contributed by atoms with E-state index in [1.165, 1.54) is 23.5 Å². The maximum Gasteiger partial charge on any atom is 0.254 e. The molecule has 0 radical (unpaired) electrons. The Hall–Kier alpha value is -2.02. The Labute approximate surface area is 228 Å². The molecule has 3 saturated heterocycles. The molecule has 194 valence electrons. The van der Waals surface area contributed by atoms with Crippen LogP contribution in [-0.4, -0.2) is 64.5 Å². The second kappa shape index (κ2) is 11.4. The number of hydrogen-bond donors (Lipinski definition) is 0. The van der Waals surface area contributed by atoms with Gasteiger partial charge in [0.05, 0.1) is 4.58 Å². The second-order valence-corrected chi connectivity index (χ2v) is 13.5. The first kappa shape index (κ1) is 25.3. The van der Waals surface area contributed by atoms with Crippen LogP contribution in [0.15, 0.2) is 66.7 Å². The minimum absolute atomic E-state index is 0.158. The fourth-order valence-corrected chi connectivity index (χ4v) is 9.76. The SMILES string of the molecule is O=C(c1cccc2ccccc12)N1CC(CN2CCC(c3ccc(F)cc3)CC2)C(C2SCCCS2)C1. The van der Waals surface area contributed by atoms with Gasteiger partial charge in [0.1, 0.15) is 5.82 Å². The third-order valence-electron chi connectivity index (χ3n) is 8.42. The van der Waals surface area contributed by atoms with E-state index in [0.29, 0.717) is 22.3 Å². The van der Waals surface area contributed by atoms with Crippen LogP contribution in [0.3, 0.4) is 0 Å². The number of piperidine rings is 1. The Balaban J connectivity index is 1.16. The first-order valence-corrected chi connectivity index (χ1v) is 15.7. The van der Waals surface area contributed by atoms with Crippen molar-refractivity contribution < 1.29 is 9.18 Å². The summed E-state index contributed by atoms with van der Waals surface area (Å²) in [6.07, 6.45) is 3.53. The highest BCUT2D eigenvalue weighted by Gasteiger charge is 2.42. The summed E-state index contributed by atoms with van der Waals surface area (Å²) in [6.45, 7) is 4.93. The molecule has 3 aliphatic rings. The van der Waals surface area contributed by atoms with Crippen molar-refractivity contribution in [2.75, 3.05) is 44.2 Å². The third-order valence-corrected chi connectivity index (χ3v) is 11.6. The van der Waals surface area contributed by atoms with E-state index in [4.69, 9.17) is 0 Å². The highest BCUT2D eigenvalue weighted by Crippen LogP contribution is 2.43. The first-order valence-electron chi connectivity index (χ1n) is 13.6. The van der Waals surface area contributed by atoms with Crippen molar-refractivity contribution in [1.82, 2.24) is 9.80 Å². The Kier molecular flexibility index (Phi) is 7.77. The molecular weight excluding hydrogens is 499 g/mol. The fourth-order valence-electron chi connectivity index (χ4n) is 6.41. The van der Waals surface area contributed by atoms with Gasteiger partial charge in [-0.15, -0.1) is 23.5 Å². The van der Waals surface area contributed by atoms with Crippen molar-refractivity contribution in [3.63, 3.8) is 0 Å². The van der Waals surface area contributed by atoms with Crippen molar-refractivity contribution in [1.29, 1.82) is 0 Å².